The van der Waals surface area contributed by atoms with Crippen molar-refractivity contribution in [1.29, 1.82) is 0 Å². The maximum atomic E-state index is 13.0. The van der Waals surface area contributed by atoms with Gasteiger partial charge in [0.15, 0.2) is 0 Å². The third-order valence-electron chi connectivity index (χ3n) is 3.30. The van der Waals surface area contributed by atoms with Gasteiger partial charge in [0.25, 0.3) is 0 Å². The highest BCUT2D eigenvalue weighted by Crippen LogP contribution is 2.55. The molecule has 0 heterocycles. The molecule has 1 unspecified atom stereocenters. The van der Waals surface area contributed by atoms with E-state index in [9.17, 15) is 9.18 Å². The standard InChI is InChI=1S/C12H14FNO/c13-8-10(9-4-2-1-3-5-9)12(6-7-12)11(14)15/h1-5,10H,6-8H2,(H2,14,15). The molecule has 3 heteroatoms. The van der Waals surface area contributed by atoms with Crippen LogP contribution in [0.15, 0.2) is 30.3 Å². The minimum absolute atomic E-state index is 0.365. The second-order valence-corrected chi connectivity index (χ2v) is 4.14. The minimum Gasteiger partial charge on any atom is -0.369 e. The molecule has 1 amide bonds. The summed E-state index contributed by atoms with van der Waals surface area (Å²) < 4.78 is 13.0. The topological polar surface area (TPSA) is 43.1 Å². The van der Waals surface area contributed by atoms with Crippen molar-refractivity contribution >= 4 is 5.91 Å². The summed E-state index contributed by atoms with van der Waals surface area (Å²) in [4.78, 5) is 11.3. The van der Waals surface area contributed by atoms with Crippen LogP contribution < -0.4 is 5.73 Å². The van der Waals surface area contributed by atoms with Gasteiger partial charge in [0.05, 0.1) is 12.1 Å². The fourth-order valence-electron chi connectivity index (χ4n) is 2.14. The summed E-state index contributed by atoms with van der Waals surface area (Å²) >= 11 is 0. The normalized spacial score (nSPS) is 19.5. The van der Waals surface area contributed by atoms with Gasteiger partial charge in [-0.1, -0.05) is 30.3 Å². The Kier molecular flexibility index (Phi) is 2.47. The molecule has 1 fully saturated rings. The van der Waals surface area contributed by atoms with Crippen molar-refractivity contribution in [1.82, 2.24) is 0 Å². The molecule has 0 spiro atoms. The summed E-state index contributed by atoms with van der Waals surface area (Å²) in [6.45, 7) is -0.521. The molecule has 1 atom stereocenters. The maximum Gasteiger partial charge on any atom is 0.224 e. The van der Waals surface area contributed by atoms with Gasteiger partial charge in [-0.25, -0.2) is 0 Å². The van der Waals surface area contributed by atoms with Gasteiger partial charge in [0.2, 0.25) is 5.91 Å². The number of primary amides is 1. The molecule has 1 aromatic carbocycles. The molecule has 1 aromatic rings. The molecule has 2 nitrogen and oxygen atoms in total. The molecule has 2 rings (SSSR count). The number of alkyl halides is 1. The first-order chi connectivity index (χ1) is 7.20. The summed E-state index contributed by atoms with van der Waals surface area (Å²) in [5.74, 6) is -0.731. The van der Waals surface area contributed by atoms with E-state index in [4.69, 9.17) is 5.73 Å². The summed E-state index contributed by atoms with van der Waals surface area (Å²) in [6.07, 6.45) is 1.43. The van der Waals surface area contributed by atoms with Crippen LogP contribution in [0.3, 0.4) is 0 Å². The van der Waals surface area contributed by atoms with Crippen LogP contribution >= 0.6 is 0 Å². The highest BCUT2D eigenvalue weighted by atomic mass is 19.1. The molecular weight excluding hydrogens is 193 g/mol. The van der Waals surface area contributed by atoms with Crippen molar-refractivity contribution in [3.63, 3.8) is 0 Å². The molecular formula is C12H14FNO. The number of benzene rings is 1. The van der Waals surface area contributed by atoms with E-state index in [1.54, 1.807) is 0 Å². The number of rotatable bonds is 4. The lowest BCUT2D eigenvalue weighted by molar-refractivity contribution is -0.124. The van der Waals surface area contributed by atoms with Gasteiger partial charge in [-0.15, -0.1) is 0 Å². The van der Waals surface area contributed by atoms with E-state index in [1.807, 2.05) is 30.3 Å². The lowest BCUT2D eigenvalue weighted by atomic mass is 9.83. The van der Waals surface area contributed by atoms with Gasteiger partial charge in [0, 0.05) is 5.92 Å². The van der Waals surface area contributed by atoms with Gasteiger partial charge < -0.3 is 5.73 Å². The van der Waals surface area contributed by atoms with E-state index in [-0.39, 0.29) is 11.8 Å². The van der Waals surface area contributed by atoms with Gasteiger partial charge in [-0.2, -0.15) is 0 Å². The summed E-state index contributed by atoms with van der Waals surface area (Å²) in [6, 6.07) is 9.30. The fraction of sp³-hybridized carbons (Fsp3) is 0.417. The molecule has 80 valence electrons. The van der Waals surface area contributed by atoms with Gasteiger partial charge in [0.1, 0.15) is 0 Å². The second-order valence-electron chi connectivity index (χ2n) is 4.14. The van der Waals surface area contributed by atoms with Crippen LogP contribution in [-0.2, 0) is 4.79 Å². The second kappa shape index (κ2) is 3.65. The molecule has 0 aliphatic heterocycles. The minimum atomic E-state index is -0.615. The number of hydrogen-bond acceptors (Lipinski definition) is 1. The quantitative estimate of drug-likeness (QED) is 0.806. The Hall–Kier alpha value is -1.38. The zero-order valence-corrected chi connectivity index (χ0v) is 8.45. The van der Waals surface area contributed by atoms with Crippen LogP contribution in [0.1, 0.15) is 24.3 Å². The number of hydrogen-bond donors (Lipinski definition) is 1. The monoisotopic (exact) mass is 207 g/mol. The third kappa shape index (κ3) is 1.62. The van der Waals surface area contributed by atoms with Crippen molar-refractivity contribution in [2.24, 2.45) is 11.1 Å². The zero-order chi connectivity index (χ0) is 10.9. The van der Waals surface area contributed by atoms with Gasteiger partial charge in [-0.3, -0.25) is 9.18 Å². The molecule has 0 aromatic heterocycles. The Morgan fingerprint density at radius 3 is 2.40 bits per heavy atom. The SMILES string of the molecule is NC(=O)C1(C(CF)c2ccccc2)CC1. The Morgan fingerprint density at radius 2 is 2.00 bits per heavy atom. The molecule has 0 radical (unpaired) electrons. The van der Waals surface area contributed by atoms with E-state index in [0.29, 0.717) is 12.8 Å². The highest BCUT2D eigenvalue weighted by molar-refractivity contribution is 5.85. The van der Waals surface area contributed by atoms with E-state index < -0.39 is 12.1 Å². The van der Waals surface area contributed by atoms with E-state index in [1.165, 1.54) is 0 Å². The Balaban J connectivity index is 2.30. The fourth-order valence-corrected chi connectivity index (χ4v) is 2.14. The molecule has 15 heavy (non-hydrogen) atoms. The first kappa shape index (κ1) is 10.1. The molecule has 1 aliphatic carbocycles. The Labute approximate surface area is 88.3 Å². The molecule has 1 aliphatic rings. The molecule has 1 saturated carbocycles. The van der Waals surface area contributed by atoms with Crippen LogP contribution in [0, 0.1) is 5.41 Å². The smallest absolute Gasteiger partial charge is 0.224 e. The lowest BCUT2D eigenvalue weighted by Crippen LogP contribution is -2.31. The predicted molar refractivity (Wildman–Crippen MR) is 56.0 cm³/mol. The number of carbonyl (C=O) groups excluding carboxylic acids is 1. The van der Waals surface area contributed by atoms with Crippen molar-refractivity contribution in [2.45, 2.75) is 18.8 Å². The summed E-state index contributed by atoms with van der Waals surface area (Å²) in [7, 11) is 0. The average molecular weight is 207 g/mol. The molecule has 2 N–H and O–H groups in total. The van der Waals surface area contributed by atoms with Crippen molar-refractivity contribution in [3.8, 4) is 0 Å². The molecule has 0 bridgehead atoms. The zero-order valence-electron chi connectivity index (χ0n) is 8.45. The maximum absolute atomic E-state index is 13.0. The van der Waals surface area contributed by atoms with E-state index >= 15 is 0 Å². The highest BCUT2D eigenvalue weighted by Gasteiger charge is 2.54. The van der Waals surface area contributed by atoms with E-state index in [2.05, 4.69) is 0 Å². The van der Waals surface area contributed by atoms with Crippen LogP contribution in [0.2, 0.25) is 0 Å². The van der Waals surface area contributed by atoms with E-state index in [0.717, 1.165) is 5.56 Å². The van der Waals surface area contributed by atoms with Crippen molar-refractivity contribution < 1.29 is 9.18 Å². The van der Waals surface area contributed by atoms with Crippen LogP contribution in [0.25, 0.3) is 0 Å². The number of carbonyl (C=O) groups is 1. The molecule has 0 saturated heterocycles. The Bertz CT molecular complexity index is 359. The third-order valence-corrected chi connectivity index (χ3v) is 3.30. The average Bonchev–Trinajstić information content (AvgIpc) is 3.02. The van der Waals surface area contributed by atoms with Crippen LogP contribution in [0.4, 0.5) is 4.39 Å². The predicted octanol–water partition coefficient (Wildman–Crippen LogP) is 2.01. The largest absolute Gasteiger partial charge is 0.369 e. The van der Waals surface area contributed by atoms with Gasteiger partial charge >= 0.3 is 0 Å². The summed E-state index contributed by atoms with van der Waals surface area (Å²) in [5, 5.41) is 0. The van der Waals surface area contributed by atoms with Crippen LogP contribution in [0.5, 0.6) is 0 Å². The van der Waals surface area contributed by atoms with Crippen molar-refractivity contribution in [3.05, 3.63) is 35.9 Å². The van der Waals surface area contributed by atoms with Crippen LogP contribution in [-0.4, -0.2) is 12.6 Å². The van der Waals surface area contributed by atoms with Crippen molar-refractivity contribution in [2.75, 3.05) is 6.67 Å². The van der Waals surface area contributed by atoms with Gasteiger partial charge in [-0.05, 0) is 18.4 Å². The first-order valence-electron chi connectivity index (χ1n) is 5.11. The Morgan fingerprint density at radius 1 is 1.40 bits per heavy atom. The lowest BCUT2D eigenvalue weighted by Gasteiger charge is -2.21. The number of amides is 1. The number of halogens is 1. The number of nitrogens with two attached hydrogens (primary N) is 1. The summed E-state index contributed by atoms with van der Waals surface area (Å²) in [5.41, 5.74) is 5.60. The first-order valence-corrected chi connectivity index (χ1v) is 5.11.